The van der Waals surface area contributed by atoms with Crippen molar-refractivity contribution < 1.29 is 14.3 Å². The van der Waals surface area contributed by atoms with Crippen LogP contribution in [0.15, 0.2) is 36.4 Å². The Balaban J connectivity index is 1.67. The lowest BCUT2D eigenvalue weighted by atomic mass is 9.92. The normalized spacial score (nSPS) is 20.5. The summed E-state index contributed by atoms with van der Waals surface area (Å²) in [6, 6.07) is 10.8. The second-order valence-electron chi connectivity index (χ2n) is 7.43. The second kappa shape index (κ2) is 7.29. The summed E-state index contributed by atoms with van der Waals surface area (Å²) in [6.45, 7) is 6.43. The molecule has 0 aliphatic carbocycles. The van der Waals surface area contributed by atoms with Crippen LogP contribution in [0.1, 0.15) is 43.8 Å². The van der Waals surface area contributed by atoms with Crippen molar-refractivity contribution in [3.05, 3.63) is 53.3 Å². The van der Waals surface area contributed by atoms with Crippen molar-refractivity contribution >= 4 is 11.8 Å². The molecule has 0 unspecified atom stereocenters. The van der Waals surface area contributed by atoms with E-state index in [0.717, 1.165) is 17.0 Å². The van der Waals surface area contributed by atoms with Gasteiger partial charge in [0.1, 0.15) is 6.61 Å². The fraction of sp³-hybridized carbons (Fsp3) is 0.421. The fourth-order valence-corrected chi connectivity index (χ4v) is 2.82. The first-order chi connectivity index (χ1) is 12.3. The number of ether oxygens (including phenoxy) is 1. The maximum atomic E-state index is 12.6. The molecule has 2 aromatic rings. The van der Waals surface area contributed by atoms with Crippen molar-refractivity contribution in [2.24, 2.45) is 0 Å². The van der Waals surface area contributed by atoms with Crippen LogP contribution in [0.4, 0.5) is 0 Å². The lowest BCUT2D eigenvalue weighted by molar-refractivity contribution is -0.148. The smallest absolute Gasteiger partial charge is 0.251 e. The van der Waals surface area contributed by atoms with Crippen LogP contribution in [0.25, 0.3) is 0 Å². The van der Waals surface area contributed by atoms with E-state index in [0.29, 0.717) is 6.54 Å². The molecular weight excluding hydrogens is 332 g/mol. The van der Waals surface area contributed by atoms with Gasteiger partial charge in [-0.05, 0) is 11.6 Å². The van der Waals surface area contributed by atoms with E-state index in [-0.39, 0.29) is 23.8 Å². The lowest BCUT2D eigenvalue weighted by Crippen LogP contribution is -2.52. The molecule has 138 valence electrons. The van der Waals surface area contributed by atoms with Crippen LogP contribution >= 0.6 is 0 Å². The summed E-state index contributed by atoms with van der Waals surface area (Å²) in [5.74, 6) is -0.503. The average molecular weight is 356 g/mol. The number of carbonyl (C=O) groups is 2. The molecular formula is C19H24N4O3. The van der Waals surface area contributed by atoms with Gasteiger partial charge in [0, 0.05) is 5.41 Å². The van der Waals surface area contributed by atoms with Crippen LogP contribution in [-0.4, -0.2) is 34.7 Å². The van der Waals surface area contributed by atoms with Crippen molar-refractivity contribution in [3.8, 4) is 0 Å². The first kappa shape index (κ1) is 18.1. The Morgan fingerprint density at radius 1 is 1.31 bits per heavy atom. The van der Waals surface area contributed by atoms with Gasteiger partial charge in [-0.15, -0.1) is 0 Å². The van der Waals surface area contributed by atoms with Crippen LogP contribution in [0.3, 0.4) is 0 Å². The molecule has 1 aromatic heterocycles. The predicted molar refractivity (Wildman–Crippen MR) is 96.2 cm³/mol. The largest absolute Gasteiger partial charge is 0.356 e. The minimum atomic E-state index is -0.778. The third-order valence-electron chi connectivity index (χ3n) is 4.28. The number of morpholine rings is 1. The Morgan fingerprint density at radius 3 is 2.69 bits per heavy atom. The van der Waals surface area contributed by atoms with E-state index in [1.54, 1.807) is 0 Å². The van der Waals surface area contributed by atoms with E-state index in [4.69, 9.17) is 4.74 Å². The molecule has 2 atom stereocenters. The number of carbonyl (C=O) groups excluding carboxylic acids is 2. The number of amides is 2. The highest BCUT2D eigenvalue weighted by Crippen LogP contribution is 2.23. The lowest BCUT2D eigenvalue weighted by Gasteiger charge is -2.31. The molecule has 7 nitrogen and oxygen atoms in total. The third-order valence-corrected chi connectivity index (χ3v) is 4.28. The topological polar surface area (TPSA) is 96.1 Å². The van der Waals surface area contributed by atoms with E-state index >= 15 is 0 Å². The number of hydrogen-bond acceptors (Lipinski definition) is 4. The average Bonchev–Trinajstić information content (AvgIpc) is 3.10. The highest BCUT2D eigenvalue weighted by Gasteiger charge is 2.35. The van der Waals surface area contributed by atoms with Gasteiger partial charge in [0.05, 0.1) is 24.0 Å². The molecule has 1 fully saturated rings. The Bertz CT molecular complexity index is 780. The molecule has 0 radical (unpaired) electrons. The Kier molecular flexibility index (Phi) is 5.08. The number of aromatic nitrogens is 2. The van der Waals surface area contributed by atoms with Gasteiger partial charge < -0.3 is 15.4 Å². The van der Waals surface area contributed by atoms with Crippen LogP contribution in [0.5, 0.6) is 0 Å². The Hall–Kier alpha value is -2.67. The molecule has 1 aliphatic rings. The standard InChI is InChI=1S/C19H24N4O3/c1-19(2,3)14-9-13(22-23-14)10-20-18(25)17-16(21-15(24)11-26-17)12-7-5-4-6-8-12/h4-9,16-17H,10-11H2,1-3H3,(H,20,25)(H,21,24)(H,22,23)/t16-,17+/m1/s1. The monoisotopic (exact) mass is 356 g/mol. The van der Waals surface area contributed by atoms with Gasteiger partial charge in [-0.2, -0.15) is 5.10 Å². The van der Waals surface area contributed by atoms with Crippen LogP contribution in [-0.2, 0) is 26.3 Å². The van der Waals surface area contributed by atoms with Crippen molar-refractivity contribution in [3.63, 3.8) is 0 Å². The zero-order valence-electron chi connectivity index (χ0n) is 15.2. The van der Waals surface area contributed by atoms with E-state index < -0.39 is 12.1 Å². The van der Waals surface area contributed by atoms with Crippen molar-refractivity contribution in [2.45, 2.75) is 44.9 Å². The molecule has 1 saturated heterocycles. The van der Waals surface area contributed by atoms with Crippen LogP contribution in [0, 0.1) is 0 Å². The molecule has 26 heavy (non-hydrogen) atoms. The zero-order valence-corrected chi connectivity index (χ0v) is 15.2. The van der Waals surface area contributed by atoms with E-state index in [9.17, 15) is 9.59 Å². The van der Waals surface area contributed by atoms with Crippen molar-refractivity contribution in [2.75, 3.05) is 6.61 Å². The highest BCUT2D eigenvalue weighted by atomic mass is 16.5. The first-order valence-corrected chi connectivity index (χ1v) is 8.63. The van der Waals surface area contributed by atoms with E-state index in [2.05, 4.69) is 41.6 Å². The first-order valence-electron chi connectivity index (χ1n) is 8.63. The summed E-state index contributed by atoms with van der Waals surface area (Å²) in [5.41, 5.74) is 2.52. The summed E-state index contributed by atoms with van der Waals surface area (Å²) >= 11 is 0. The molecule has 3 N–H and O–H groups in total. The number of aromatic amines is 1. The molecule has 1 aromatic carbocycles. The number of nitrogens with zero attached hydrogens (tertiary/aromatic N) is 1. The third kappa shape index (κ3) is 4.11. The Morgan fingerprint density at radius 2 is 2.04 bits per heavy atom. The number of H-pyrrole nitrogens is 1. The molecule has 0 spiro atoms. The van der Waals surface area contributed by atoms with Gasteiger partial charge in [0.15, 0.2) is 6.10 Å². The summed E-state index contributed by atoms with van der Waals surface area (Å²) in [6.07, 6.45) is -0.778. The number of benzene rings is 1. The number of nitrogens with one attached hydrogen (secondary N) is 3. The molecule has 1 aliphatic heterocycles. The zero-order chi connectivity index (χ0) is 18.7. The Labute approximate surface area is 152 Å². The maximum absolute atomic E-state index is 12.6. The fourth-order valence-electron chi connectivity index (χ4n) is 2.82. The highest BCUT2D eigenvalue weighted by molar-refractivity contribution is 5.86. The van der Waals surface area contributed by atoms with Crippen molar-refractivity contribution in [1.82, 2.24) is 20.8 Å². The summed E-state index contributed by atoms with van der Waals surface area (Å²) in [4.78, 5) is 24.4. The van der Waals surface area contributed by atoms with Gasteiger partial charge in [0.25, 0.3) is 5.91 Å². The second-order valence-corrected chi connectivity index (χ2v) is 7.43. The predicted octanol–water partition coefficient (Wildman–Crippen LogP) is 1.58. The molecule has 7 heteroatoms. The summed E-state index contributed by atoms with van der Waals surface area (Å²) in [5, 5.41) is 12.9. The minimum absolute atomic E-state index is 0.0616. The molecule has 3 rings (SSSR count). The van der Waals surface area contributed by atoms with Gasteiger partial charge in [-0.25, -0.2) is 0 Å². The van der Waals surface area contributed by atoms with E-state index in [1.165, 1.54) is 0 Å². The van der Waals surface area contributed by atoms with E-state index in [1.807, 2.05) is 36.4 Å². The van der Waals surface area contributed by atoms with Crippen LogP contribution in [0.2, 0.25) is 0 Å². The van der Waals surface area contributed by atoms with Gasteiger partial charge in [-0.3, -0.25) is 14.7 Å². The summed E-state index contributed by atoms with van der Waals surface area (Å²) in [7, 11) is 0. The van der Waals surface area contributed by atoms with Gasteiger partial charge in [-0.1, -0.05) is 51.1 Å². The number of hydrogen-bond donors (Lipinski definition) is 3. The molecule has 0 saturated carbocycles. The minimum Gasteiger partial charge on any atom is -0.356 e. The molecule has 0 bridgehead atoms. The van der Waals surface area contributed by atoms with Crippen molar-refractivity contribution in [1.29, 1.82) is 0 Å². The number of rotatable bonds is 4. The summed E-state index contributed by atoms with van der Waals surface area (Å²) < 4.78 is 5.52. The van der Waals surface area contributed by atoms with Gasteiger partial charge in [0.2, 0.25) is 5.91 Å². The quantitative estimate of drug-likeness (QED) is 0.775. The van der Waals surface area contributed by atoms with Gasteiger partial charge >= 0.3 is 0 Å². The SMILES string of the molecule is CC(C)(C)c1cc(CNC(=O)[C@H]2OCC(=O)N[C@@H]2c2ccccc2)[nH]n1. The molecule has 2 amide bonds. The van der Waals surface area contributed by atoms with Crippen LogP contribution < -0.4 is 10.6 Å². The maximum Gasteiger partial charge on any atom is 0.251 e. The molecule has 2 heterocycles.